The Morgan fingerprint density at radius 3 is 2.68 bits per heavy atom. The van der Waals surface area contributed by atoms with Crippen LogP contribution in [0.1, 0.15) is 5.56 Å². The van der Waals surface area contributed by atoms with Crippen LogP contribution in [0.5, 0.6) is 5.75 Å². The third-order valence-corrected chi connectivity index (χ3v) is 5.11. The number of carbonyl (C=O) groups excluding carboxylic acids is 1. The van der Waals surface area contributed by atoms with Crippen LogP contribution in [0.15, 0.2) is 58.8 Å². The number of rotatable bonds is 9. The zero-order chi connectivity index (χ0) is 22.2. The van der Waals surface area contributed by atoms with Crippen molar-refractivity contribution >= 4 is 41.2 Å². The first-order chi connectivity index (χ1) is 15.0. The van der Waals surface area contributed by atoms with Crippen molar-refractivity contribution in [1.29, 1.82) is 0 Å². The number of amides is 1. The van der Waals surface area contributed by atoms with Crippen LogP contribution in [0.3, 0.4) is 0 Å². The molecule has 0 bridgehead atoms. The smallest absolute Gasteiger partial charge is 0.264 e. The molecule has 0 radical (unpaired) electrons. The number of benzene rings is 2. The minimum absolute atomic E-state index is 0.106. The third kappa shape index (κ3) is 5.89. The first-order valence-corrected chi connectivity index (χ1v) is 10.3. The molecule has 2 aromatic carbocycles. The normalized spacial score (nSPS) is 10.8. The fourth-order valence-corrected chi connectivity index (χ4v) is 3.20. The van der Waals surface area contributed by atoms with E-state index in [1.807, 2.05) is 55.4 Å². The lowest BCUT2D eigenvalue weighted by molar-refractivity contribution is -0.113. The highest BCUT2D eigenvalue weighted by atomic mass is 32.2. The maximum absolute atomic E-state index is 12.2. The number of nitrogens with two attached hydrogens (primary N) is 1. The number of carbonyl (C=O) groups is 1. The second-order valence-corrected chi connectivity index (χ2v) is 7.51. The molecule has 10 nitrogen and oxygen atoms in total. The van der Waals surface area contributed by atoms with Crippen molar-refractivity contribution < 1.29 is 9.53 Å². The highest BCUT2D eigenvalue weighted by Gasteiger charge is 2.13. The molecule has 0 aliphatic carbocycles. The molecule has 0 aliphatic rings. The Balaban J connectivity index is 1.53. The topological polar surface area (TPSA) is 123 Å². The standard InChI is InChI=1S/C20H24N8O2S/c1-27(2)15-10-8-14(9-11-15)12-22-24-19-25-26-20(28(19)21)31-13-18(29)23-16-6-4-5-7-17(16)30-3/h4-12H,13,21H2,1-3H3,(H,23,29)(H,24,25)/b22-12+. The number of nitrogens with one attached hydrogen (secondary N) is 2. The molecule has 0 spiro atoms. The molecule has 31 heavy (non-hydrogen) atoms. The van der Waals surface area contributed by atoms with Gasteiger partial charge in [-0.1, -0.05) is 36.0 Å². The summed E-state index contributed by atoms with van der Waals surface area (Å²) in [6.07, 6.45) is 1.65. The van der Waals surface area contributed by atoms with Gasteiger partial charge in [-0.25, -0.2) is 10.1 Å². The molecule has 0 aliphatic heterocycles. The van der Waals surface area contributed by atoms with Gasteiger partial charge in [0, 0.05) is 19.8 Å². The molecule has 4 N–H and O–H groups in total. The van der Waals surface area contributed by atoms with Gasteiger partial charge in [0.1, 0.15) is 5.75 Å². The number of nitrogens with zero attached hydrogens (tertiary/aromatic N) is 5. The fourth-order valence-electron chi connectivity index (χ4n) is 2.54. The SMILES string of the molecule is COc1ccccc1NC(=O)CSc1nnc(N/N=C/c2ccc(N(C)C)cc2)n1N. The molecule has 3 rings (SSSR count). The van der Waals surface area contributed by atoms with Crippen molar-refractivity contribution in [2.24, 2.45) is 5.10 Å². The van der Waals surface area contributed by atoms with E-state index in [4.69, 9.17) is 10.6 Å². The van der Waals surface area contributed by atoms with Crippen LogP contribution in [-0.2, 0) is 4.79 Å². The lowest BCUT2D eigenvalue weighted by Gasteiger charge is -2.11. The lowest BCUT2D eigenvalue weighted by Crippen LogP contribution is -2.17. The van der Waals surface area contributed by atoms with Crippen LogP contribution in [0.2, 0.25) is 0 Å². The highest BCUT2D eigenvalue weighted by Crippen LogP contribution is 2.24. The summed E-state index contributed by atoms with van der Waals surface area (Å²) in [4.78, 5) is 14.3. The van der Waals surface area contributed by atoms with Crippen molar-refractivity contribution in [3.63, 3.8) is 0 Å². The second-order valence-electron chi connectivity index (χ2n) is 6.57. The monoisotopic (exact) mass is 440 g/mol. The lowest BCUT2D eigenvalue weighted by atomic mass is 10.2. The molecule has 1 amide bonds. The zero-order valence-electron chi connectivity index (χ0n) is 17.4. The number of ether oxygens (including phenoxy) is 1. The number of hydrogen-bond donors (Lipinski definition) is 3. The maximum atomic E-state index is 12.2. The Kier molecular flexibility index (Phi) is 7.33. The molecule has 0 saturated heterocycles. The fraction of sp³-hybridized carbons (Fsp3) is 0.200. The molecular weight excluding hydrogens is 416 g/mol. The van der Waals surface area contributed by atoms with Gasteiger partial charge in [0.2, 0.25) is 11.1 Å². The average Bonchev–Trinajstić information content (AvgIpc) is 3.12. The number of nitrogen functional groups attached to an aromatic ring is 1. The molecule has 0 atom stereocenters. The van der Waals surface area contributed by atoms with Crippen molar-refractivity contribution in [3.8, 4) is 5.75 Å². The molecule has 3 aromatic rings. The summed E-state index contributed by atoms with van der Waals surface area (Å²) >= 11 is 1.16. The first-order valence-electron chi connectivity index (χ1n) is 9.30. The maximum Gasteiger partial charge on any atom is 0.264 e. The number of hydrogen-bond acceptors (Lipinski definition) is 9. The predicted molar refractivity (Wildman–Crippen MR) is 125 cm³/mol. The summed E-state index contributed by atoms with van der Waals surface area (Å²) in [5, 5.41) is 15.3. The number of aromatic nitrogens is 3. The summed E-state index contributed by atoms with van der Waals surface area (Å²) in [5.41, 5.74) is 5.37. The van der Waals surface area contributed by atoms with Gasteiger partial charge in [0.25, 0.3) is 5.95 Å². The van der Waals surface area contributed by atoms with E-state index >= 15 is 0 Å². The van der Waals surface area contributed by atoms with Crippen molar-refractivity contribution in [2.75, 3.05) is 48.4 Å². The predicted octanol–water partition coefficient (Wildman–Crippen LogP) is 2.24. The van der Waals surface area contributed by atoms with Crippen LogP contribution in [0.25, 0.3) is 0 Å². The van der Waals surface area contributed by atoms with Crippen molar-refractivity contribution in [1.82, 2.24) is 14.9 Å². The Bertz CT molecular complexity index is 1050. The van der Waals surface area contributed by atoms with E-state index in [1.165, 1.54) is 4.68 Å². The molecular formula is C20H24N8O2S. The molecule has 1 aromatic heterocycles. The van der Waals surface area contributed by atoms with Gasteiger partial charge in [0.15, 0.2) is 0 Å². The Morgan fingerprint density at radius 1 is 1.23 bits per heavy atom. The number of para-hydroxylation sites is 2. The Hall–Kier alpha value is -3.73. The molecule has 11 heteroatoms. The van der Waals surface area contributed by atoms with Crippen LogP contribution in [-0.4, -0.2) is 54.0 Å². The summed E-state index contributed by atoms with van der Waals surface area (Å²) in [6.45, 7) is 0. The van der Waals surface area contributed by atoms with Crippen LogP contribution >= 0.6 is 11.8 Å². The first kappa shape index (κ1) is 22.0. The van der Waals surface area contributed by atoms with Crippen LogP contribution < -0.4 is 26.2 Å². The molecule has 162 valence electrons. The van der Waals surface area contributed by atoms with Crippen LogP contribution in [0, 0.1) is 0 Å². The zero-order valence-corrected chi connectivity index (χ0v) is 18.3. The van der Waals surface area contributed by atoms with Gasteiger partial charge in [-0.15, -0.1) is 10.2 Å². The largest absolute Gasteiger partial charge is 0.495 e. The minimum atomic E-state index is -0.216. The van der Waals surface area contributed by atoms with Gasteiger partial charge in [-0.3, -0.25) is 4.79 Å². The Labute approximate surface area is 184 Å². The number of thioether (sulfide) groups is 1. The Morgan fingerprint density at radius 2 is 1.97 bits per heavy atom. The molecule has 0 fully saturated rings. The van der Waals surface area contributed by atoms with Gasteiger partial charge in [-0.2, -0.15) is 5.10 Å². The van der Waals surface area contributed by atoms with Gasteiger partial charge in [-0.05, 0) is 29.8 Å². The van der Waals surface area contributed by atoms with E-state index in [2.05, 4.69) is 26.0 Å². The van der Waals surface area contributed by atoms with E-state index < -0.39 is 0 Å². The number of anilines is 3. The van der Waals surface area contributed by atoms with Gasteiger partial charge < -0.3 is 20.8 Å². The van der Waals surface area contributed by atoms with E-state index in [9.17, 15) is 4.79 Å². The summed E-state index contributed by atoms with van der Waals surface area (Å²) in [7, 11) is 5.51. The van der Waals surface area contributed by atoms with E-state index in [0.29, 0.717) is 16.6 Å². The molecule has 1 heterocycles. The molecule has 0 saturated carbocycles. The second kappa shape index (κ2) is 10.3. The van der Waals surface area contributed by atoms with Crippen LogP contribution in [0.4, 0.5) is 17.3 Å². The number of methoxy groups -OCH3 is 1. The van der Waals surface area contributed by atoms with E-state index in [1.54, 1.807) is 25.5 Å². The van der Waals surface area contributed by atoms with E-state index in [0.717, 1.165) is 23.0 Å². The third-order valence-electron chi connectivity index (χ3n) is 4.17. The highest BCUT2D eigenvalue weighted by molar-refractivity contribution is 7.99. The average molecular weight is 441 g/mol. The van der Waals surface area contributed by atoms with Crippen molar-refractivity contribution in [3.05, 3.63) is 54.1 Å². The van der Waals surface area contributed by atoms with Crippen molar-refractivity contribution in [2.45, 2.75) is 5.16 Å². The molecule has 0 unspecified atom stereocenters. The summed E-state index contributed by atoms with van der Waals surface area (Å²) in [5.74, 6) is 6.73. The minimum Gasteiger partial charge on any atom is -0.495 e. The quantitative estimate of drug-likeness (QED) is 0.200. The summed E-state index contributed by atoms with van der Waals surface area (Å²) < 4.78 is 6.47. The van der Waals surface area contributed by atoms with Gasteiger partial charge >= 0.3 is 0 Å². The number of hydrazone groups is 1. The van der Waals surface area contributed by atoms with E-state index in [-0.39, 0.29) is 17.6 Å². The summed E-state index contributed by atoms with van der Waals surface area (Å²) in [6, 6.07) is 15.1. The van der Waals surface area contributed by atoms with Gasteiger partial charge in [0.05, 0.1) is 24.8 Å².